The van der Waals surface area contributed by atoms with Crippen molar-refractivity contribution < 1.29 is 32.2 Å². The minimum atomic E-state index is -4.53. The molecule has 174 valence electrons. The van der Waals surface area contributed by atoms with Crippen molar-refractivity contribution >= 4 is 17.7 Å². The molecule has 1 saturated carbocycles. The summed E-state index contributed by atoms with van der Waals surface area (Å²) in [6.07, 6.45) is -0.915. The van der Waals surface area contributed by atoms with Crippen LogP contribution in [0, 0.1) is 5.92 Å². The highest BCUT2D eigenvalue weighted by atomic mass is 19.4. The van der Waals surface area contributed by atoms with Gasteiger partial charge in [-0.25, -0.2) is 9.59 Å². The van der Waals surface area contributed by atoms with Crippen LogP contribution < -0.4 is 10.6 Å². The van der Waals surface area contributed by atoms with Gasteiger partial charge in [-0.3, -0.25) is 0 Å². The summed E-state index contributed by atoms with van der Waals surface area (Å²) in [5.41, 5.74) is -1.43. The molecule has 6 nitrogen and oxygen atoms in total. The molecule has 2 N–H and O–H groups in total. The fourth-order valence-electron chi connectivity index (χ4n) is 3.66. The number of methoxy groups -OCH3 is 1. The summed E-state index contributed by atoms with van der Waals surface area (Å²) >= 11 is 0. The number of carbonyl (C=O) groups excluding carboxylic acids is 2. The van der Waals surface area contributed by atoms with Gasteiger partial charge in [0.05, 0.1) is 18.2 Å². The van der Waals surface area contributed by atoms with Gasteiger partial charge in [0, 0.05) is 18.3 Å². The maximum atomic E-state index is 13.3. The third-order valence-electron chi connectivity index (χ3n) is 5.18. The summed E-state index contributed by atoms with van der Waals surface area (Å²) in [5.74, 6) is -0.338. The maximum Gasteiger partial charge on any atom is 0.418 e. The number of halogens is 3. The summed E-state index contributed by atoms with van der Waals surface area (Å²) in [7, 11) is 1.18. The first kappa shape index (κ1) is 24.8. The van der Waals surface area contributed by atoms with Crippen LogP contribution in [-0.4, -0.2) is 37.4 Å². The maximum absolute atomic E-state index is 13.3. The van der Waals surface area contributed by atoms with Crippen molar-refractivity contribution in [3.05, 3.63) is 29.3 Å². The van der Waals surface area contributed by atoms with Crippen LogP contribution in [0.15, 0.2) is 18.2 Å². The fourth-order valence-corrected chi connectivity index (χ4v) is 3.66. The van der Waals surface area contributed by atoms with E-state index in [0.717, 1.165) is 37.8 Å². The first-order chi connectivity index (χ1) is 14.4. The zero-order valence-corrected chi connectivity index (χ0v) is 18.4. The highest BCUT2D eigenvalue weighted by molar-refractivity contribution is 5.90. The number of nitrogens with one attached hydrogen (secondary N) is 2. The molecule has 0 spiro atoms. The number of alkyl carbamates (subject to hydrolysis) is 1. The van der Waals surface area contributed by atoms with Gasteiger partial charge >= 0.3 is 18.2 Å². The Balaban J connectivity index is 1.86. The van der Waals surface area contributed by atoms with Crippen molar-refractivity contribution in [1.82, 2.24) is 5.32 Å². The molecule has 0 heterocycles. The molecule has 2 rings (SSSR count). The molecule has 1 aliphatic rings. The molecule has 0 radical (unpaired) electrons. The van der Waals surface area contributed by atoms with Gasteiger partial charge in [-0.1, -0.05) is 0 Å². The minimum Gasteiger partial charge on any atom is -0.465 e. The summed E-state index contributed by atoms with van der Waals surface area (Å²) in [6, 6.07) is 3.23. The van der Waals surface area contributed by atoms with Gasteiger partial charge in [-0.15, -0.1) is 0 Å². The number of amides is 1. The highest BCUT2D eigenvalue weighted by Gasteiger charge is 2.34. The smallest absolute Gasteiger partial charge is 0.418 e. The molecule has 31 heavy (non-hydrogen) atoms. The molecule has 0 saturated heterocycles. The van der Waals surface area contributed by atoms with Crippen molar-refractivity contribution in [3.63, 3.8) is 0 Å². The van der Waals surface area contributed by atoms with E-state index in [9.17, 15) is 22.8 Å². The first-order valence-electron chi connectivity index (χ1n) is 10.4. The van der Waals surface area contributed by atoms with Crippen LogP contribution in [0.4, 0.5) is 23.7 Å². The van der Waals surface area contributed by atoms with Crippen LogP contribution in [-0.2, 0) is 15.7 Å². The number of anilines is 1. The number of carbonyl (C=O) groups is 2. The minimum absolute atomic E-state index is 0.0487. The molecule has 1 aliphatic carbocycles. The van der Waals surface area contributed by atoms with E-state index in [4.69, 9.17) is 4.74 Å². The Morgan fingerprint density at radius 1 is 1.10 bits per heavy atom. The molecule has 0 unspecified atom stereocenters. The first-order valence-corrected chi connectivity index (χ1v) is 10.4. The van der Waals surface area contributed by atoms with E-state index < -0.39 is 29.4 Å². The zero-order valence-electron chi connectivity index (χ0n) is 18.4. The van der Waals surface area contributed by atoms with Crippen molar-refractivity contribution in [1.29, 1.82) is 0 Å². The van der Waals surface area contributed by atoms with Gasteiger partial charge in [0.2, 0.25) is 0 Å². The molecular weight excluding hydrogens is 413 g/mol. The van der Waals surface area contributed by atoms with Crippen LogP contribution in [0.1, 0.15) is 68.8 Å². The Bertz CT molecular complexity index is 767. The number of esters is 1. The number of hydrogen-bond donors (Lipinski definition) is 2. The lowest BCUT2D eigenvalue weighted by Gasteiger charge is -2.30. The standard InChI is InChI=1S/C22H31F3N2O4/c1-21(2,3)31-20(29)27-16-8-5-14(6-9-16)11-12-26-18-13-15(19(28)30-4)7-10-17(18)22(23,24)25/h7,10,13-14,16,26H,5-6,8-9,11-12H2,1-4H3,(H,27,29). The lowest BCUT2D eigenvalue weighted by Crippen LogP contribution is -2.41. The van der Waals surface area contributed by atoms with Crippen molar-refractivity contribution in [2.24, 2.45) is 5.92 Å². The van der Waals surface area contributed by atoms with Gasteiger partial charge in [0.15, 0.2) is 0 Å². The third kappa shape index (κ3) is 7.95. The number of rotatable bonds is 6. The second-order valence-electron chi connectivity index (χ2n) is 8.83. The van der Waals surface area contributed by atoms with E-state index in [2.05, 4.69) is 15.4 Å². The Morgan fingerprint density at radius 2 is 1.74 bits per heavy atom. The van der Waals surface area contributed by atoms with Crippen LogP contribution >= 0.6 is 0 Å². The predicted molar refractivity (Wildman–Crippen MR) is 111 cm³/mol. The van der Waals surface area contributed by atoms with Crippen molar-refractivity contribution in [3.8, 4) is 0 Å². The monoisotopic (exact) mass is 444 g/mol. The number of ether oxygens (including phenoxy) is 2. The Hall–Kier alpha value is -2.45. The fraction of sp³-hybridized carbons (Fsp3) is 0.636. The van der Waals surface area contributed by atoms with Crippen molar-refractivity contribution in [2.75, 3.05) is 19.0 Å². The van der Waals surface area contributed by atoms with Gasteiger partial charge in [0.1, 0.15) is 5.60 Å². The van der Waals surface area contributed by atoms with E-state index >= 15 is 0 Å². The molecule has 0 aliphatic heterocycles. The average molecular weight is 444 g/mol. The third-order valence-corrected chi connectivity index (χ3v) is 5.18. The Labute approximate surface area is 180 Å². The summed E-state index contributed by atoms with van der Waals surface area (Å²) < 4.78 is 49.7. The van der Waals surface area contributed by atoms with Gasteiger partial charge in [0.25, 0.3) is 0 Å². The molecule has 1 aromatic carbocycles. The van der Waals surface area contributed by atoms with E-state index in [1.807, 2.05) is 20.8 Å². The number of hydrogen-bond acceptors (Lipinski definition) is 5. The molecule has 1 amide bonds. The number of benzene rings is 1. The summed E-state index contributed by atoms with van der Waals surface area (Å²) in [4.78, 5) is 23.5. The molecule has 0 aromatic heterocycles. The van der Waals surface area contributed by atoms with Crippen LogP contribution in [0.5, 0.6) is 0 Å². The summed E-state index contributed by atoms with van der Waals surface area (Å²) in [5, 5.41) is 5.72. The SMILES string of the molecule is COC(=O)c1ccc(C(F)(F)F)c(NCCC2CCC(NC(=O)OC(C)(C)C)CC2)c1. The van der Waals surface area contributed by atoms with E-state index in [0.29, 0.717) is 18.9 Å². The molecule has 9 heteroatoms. The van der Waals surface area contributed by atoms with Gasteiger partial charge in [-0.2, -0.15) is 13.2 Å². The van der Waals surface area contributed by atoms with E-state index in [-0.39, 0.29) is 17.3 Å². The van der Waals surface area contributed by atoms with Crippen molar-refractivity contribution in [2.45, 2.75) is 70.7 Å². The number of alkyl halides is 3. The normalized spacial score (nSPS) is 19.5. The lowest BCUT2D eigenvalue weighted by molar-refractivity contribution is -0.137. The summed E-state index contributed by atoms with van der Waals surface area (Å²) in [6.45, 7) is 5.77. The van der Waals surface area contributed by atoms with Crippen LogP contribution in [0.3, 0.4) is 0 Å². The quantitative estimate of drug-likeness (QED) is 0.577. The largest absolute Gasteiger partial charge is 0.465 e. The van der Waals surface area contributed by atoms with Gasteiger partial charge < -0.3 is 20.1 Å². The molecular formula is C22H31F3N2O4. The molecule has 0 bridgehead atoms. The van der Waals surface area contributed by atoms with Crippen LogP contribution in [0.2, 0.25) is 0 Å². The second-order valence-corrected chi connectivity index (χ2v) is 8.83. The highest BCUT2D eigenvalue weighted by Crippen LogP contribution is 2.36. The van der Waals surface area contributed by atoms with E-state index in [1.165, 1.54) is 13.2 Å². The zero-order chi connectivity index (χ0) is 23.2. The molecule has 1 fully saturated rings. The molecule has 0 atom stereocenters. The molecule has 1 aromatic rings. The van der Waals surface area contributed by atoms with Gasteiger partial charge in [-0.05, 0) is 77.0 Å². The second kappa shape index (κ2) is 10.2. The Morgan fingerprint density at radius 3 is 2.29 bits per heavy atom. The lowest BCUT2D eigenvalue weighted by atomic mass is 9.84. The topological polar surface area (TPSA) is 76.7 Å². The predicted octanol–water partition coefficient (Wildman–Crippen LogP) is 5.38. The van der Waals surface area contributed by atoms with E-state index in [1.54, 1.807) is 0 Å². The average Bonchev–Trinajstić information content (AvgIpc) is 2.66. The van der Waals surface area contributed by atoms with Crippen LogP contribution in [0.25, 0.3) is 0 Å². The Kier molecular flexibility index (Phi) is 8.20.